The van der Waals surface area contributed by atoms with E-state index in [9.17, 15) is 14.7 Å². The molecule has 0 bridgehead atoms. The standard InChI is InChI=1S/C14H18ClNO5/c1-3-21-13(18)9-16(6-7-20-2)14(19)11-8-10(15)4-5-12(11)17/h4-5,8,17H,3,6-7,9H2,1-2H3. The van der Waals surface area contributed by atoms with E-state index in [0.29, 0.717) is 5.02 Å². The molecular weight excluding hydrogens is 298 g/mol. The zero-order valence-electron chi connectivity index (χ0n) is 12.0. The van der Waals surface area contributed by atoms with Gasteiger partial charge in [-0.15, -0.1) is 0 Å². The molecule has 1 rings (SSSR count). The maximum atomic E-state index is 12.4. The Hall–Kier alpha value is -1.79. The number of rotatable bonds is 7. The Morgan fingerprint density at radius 1 is 1.38 bits per heavy atom. The first-order chi connectivity index (χ1) is 9.99. The first-order valence-corrected chi connectivity index (χ1v) is 6.79. The minimum atomic E-state index is -0.525. The summed E-state index contributed by atoms with van der Waals surface area (Å²) in [6.07, 6.45) is 0. The van der Waals surface area contributed by atoms with Crippen molar-refractivity contribution < 1.29 is 24.2 Å². The SMILES string of the molecule is CCOC(=O)CN(CCOC)C(=O)c1cc(Cl)ccc1O. The number of ether oxygens (including phenoxy) is 2. The van der Waals surface area contributed by atoms with E-state index >= 15 is 0 Å². The highest BCUT2D eigenvalue weighted by molar-refractivity contribution is 6.31. The summed E-state index contributed by atoms with van der Waals surface area (Å²) in [5, 5.41) is 10.1. The summed E-state index contributed by atoms with van der Waals surface area (Å²) in [6.45, 7) is 2.14. The lowest BCUT2D eigenvalue weighted by Gasteiger charge is -2.21. The van der Waals surface area contributed by atoms with Gasteiger partial charge in [-0.3, -0.25) is 9.59 Å². The fourth-order valence-electron chi connectivity index (χ4n) is 1.67. The predicted octanol–water partition coefficient (Wildman–Crippen LogP) is 1.70. The van der Waals surface area contributed by atoms with Crippen molar-refractivity contribution in [2.24, 2.45) is 0 Å². The molecule has 21 heavy (non-hydrogen) atoms. The van der Waals surface area contributed by atoms with Gasteiger partial charge in [-0.25, -0.2) is 0 Å². The van der Waals surface area contributed by atoms with Gasteiger partial charge in [0.2, 0.25) is 0 Å². The highest BCUT2D eigenvalue weighted by Crippen LogP contribution is 2.23. The van der Waals surface area contributed by atoms with E-state index < -0.39 is 11.9 Å². The number of carbonyl (C=O) groups excluding carboxylic acids is 2. The molecular formula is C14H18ClNO5. The number of aromatic hydroxyl groups is 1. The molecule has 0 saturated heterocycles. The molecule has 1 amide bonds. The number of esters is 1. The molecule has 0 aromatic heterocycles. The Morgan fingerprint density at radius 2 is 2.10 bits per heavy atom. The largest absolute Gasteiger partial charge is 0.507 e. The van der Waals surface area contributed by atoms with E-state index in [1.807, 2.05) is 0 Å². The third-order valence-corrected chi connectivity index (χ3v) is 2.90. The van der Waals surface area contributed by atoms with Crippen molar-refractivity contribution in [1.29, 1.82) is 0 Å². The second-order valence-corrected chi connectivity index (χ2v) is 4.62. The van der Waals surface area contributed by atoms with Gasteiger partial charge in [0.05, 0.1) is 18.8 Å². The van der Waals surface area contributed by atoms with Gasteiger partial charge < -0.3 is 19.5 Å². The number of amides is 1. The molecule has 0 saturated carbocycles. The number of phenolic OH excluding ortho intramolecular Hbond substituents is 1. The van der Waals surface area contributed by atoms with Crippen molar-refractivity contribution in [3.8, 4) is 5.75 Å². The Bertz CT molecular complexity index is 506. The van der Waals surface area contributed by atoms with Crippen LogP contribution in [-0.4, -0.2) is 55.3 Å². The molecule has 0 aliphatic heterocycles. The second kappa shape index (κ2) is 8.49. The third-order valence-electron chi connectivity index (χ3n) is 2.67. The smallest absolute Gasteiger partial charge is 0.325 e. The fourth-order valence-corrected chi connectivity index (χ4v) is 1.84. The van der Waals surface area contributed by atoms with E-state index in [-0.39, 0.29) is 37.6 Å². The summed E-state index contributed by atoms with van der Waals surface area (Å²) in [7, 11) is 1.49. The summed E-state index contributed by atoms with van der Waals surface area (Å²) < 4.78 is 9.75. The normalized spacial score (nSPS) is 10.2. The van der Waals surface area contributed by atoms with Crippen LogP contribution in [0.4, 0.5) is 0 Å². The Morgan fingerprint density at radius 3 is 2.71 bits per heavy atom. The van der Waals surface area contributed by atoms with E-state index in [0.717, 1.165) is 0 Å². The second-order valence-electron chi connectivity index (χ2n) is 4.19. The predicted molar refractivity (Wildman–Crippen MR) is 77.5 cm³/mol. The molecule has 0 atom stereocenters. The monoisotopic (exact) mass is 315 g/mol. The van der Waals surface area contributed by atoms with Gasteiger partial charge in [-0.2, -0.15) is 0 Å². The molecule has 0 unspecified atom stereocenters. The van der Waals surface area contributed by atoms with Crippen molar-refractivity contribution in [3.05, 3.63) is 28.8 Å². The third kappa shape index (κ3) is 5.24. The zero-order valence-corrected chi connectivity index (χ0v) is 12.7. The lowest BCUT2D eigenvalue weighted by atomic mass is 10.1. The van der Waals surface area contributed by atoms with E-state index in [1.54, 1.807) is 6.92 Å². The van der Waals surface area contributed by atoms with Gasteiger partial charge in [0.1, 0.15) is 12.3 Å². The molecule has 116 valence electrons. The van der Waals surface area contributed by atoms with Gasteiger partial charge in [-0.1, -0.05) is 11.6 Å². The highest BCUT2D eigenvalue weighted by Gasteiger charge is 2.22. The van der Waals surface area contributed by atoms with Gasteiger partial charge in [0, 0.05) is 18.7 Å². The molecule has 0 aliphatic rings. The van der Waals surface area contributed by atoms with Crippen molar-refractivity contribution in [2.75, 3.05) is 33.4 Å². The molecule has 0 heterocycles. The average Bonchev–Trinajstić information content (AvgIpc) is 2.45. The number of benzene rings is 1. The van der Waals surface area contributed by atoms with E-state index in [4.69, 9.17) is 21.1 Å². The summed E-state index contributed by atoms with van der Waals surface area (Å²) in [5.41, 5.74) is 0.0305. The molecule has 1 N–H and O–H groups in total. The van der Waals surface area contributed by atoms with Crippen molar-refractivity contribution >= 4 is 23.5 Å². The first-order valence-electron chi connectivity index (χ1n) is 6.42. The average molecular weight is 316 g/mol. The summed E-state index contributed by atoms with van der Waals surface area (Å²) >= 11 is 5.83. The molecule has 1 aromatic rings. The Balaban J connectivity index is 2.92. The molecule has 6 nitrogen and oxygen atoms in total. The zero-order chi connectivity index (χ0) is 15.8. The number of halogens is 1. The minimum absolute atomic E-state index is 0.0305. The van der Waals surface area contributed by atoms with Crippen LogP contribution in [0.2, 0.25) is 5.02 Å². The van der Waals surface area contributed by atoms with Crippen LogP contribution in [0, 0.1) is 0 Å². The molecule has 0 fully saturated rings. The number of hydrogen-bond acceptors (Lipinski definition) is 5. The fraction of sp³-hybridized carbons (Fsp3) is 0.429. The van der Waals surface area contributed by atoms with E-state index in [1.165, 1.54) is 30.2 Å². The number of methoxy groups -OCH3 is 1. The van der Waals surface area contributed by atoms with Crippen molar-refractivity contribution in [3.63, 3.8) is 0 Å². The topological polar surface area (TPSA) is 76.1 Å². The van der Waals surface area contributed by atoms with E-state index in [2.05, 4.69) is 0 Å². The van der Waals surface area contributed by atoms with Crippen LogP contribution < -0.4 is 0 Å². The van der Waals surface area contributed by atoms with Gasteiger partial charge >= 0.3 is 5.97 Å². The highest BCUT2D eigenvalue weighted by atomic mass is 35.5. The Labute approximate surface area is 128 Å². The van der Waals surface area contributed by atoms with Crippen LogP contribution in [0.15, 0.2) is 18.2 Å². The quantitative estimate of drug-likeness (QED) is 0.775. The first kappa shape index (κ1) is 17.3. The number of phenols is 1. The van der Waals surface area contributed by atoms with Crippen molar-refractivity contribution in [1.82, 2.24) is 4.90 Å². The molecule has 0 spiro atoms. The number of hydrogen-bond donors (Lipinski definition) is 1. The minimum Gasteiger partial charge on any atom is -0.507 e. The molecule has 1 aromatic carbocycles. The maximum Gasteiger partial charge on any atom is 0.325 e. The molecule has 0 radical (unpaired) electrons. The molecule has 0 aliphatic carbocycles. The van der Waals surface area contributed by atoms with Crippen LogP contribution in [0.3, 0.4) is 0 Å². The maximum absolute atomic E-state index is 12.4. The lowest BCUT2D eigenvalue weighted by molar-refractivity contribution is -0.143. The van der Waals surface area contributed by atoms with Gasteiger partial charge in [0.15, 0.2) is 0 Å². The number of nitrogens with zero attached hydrogens (tertiary/aromatic N) is 1. The number of carbonyl (C=O) groups is 2. The van der Waals surface area contributed by atoms with Crippen LogP contribution in [0.25, 0.3) is 0 Å². The van der Waals surface area contributed by atoms with Crippen LogP contribution in [0.5, 0.6) is 5.75 Å². The Kier molecular flexibility index (Phi) is 6.98. The van der Waals surface area contributed by atoms with Crippen molar-refractivity contribution in [2.45, 2.75) is 6.92 Å². The van der Waals surface area contributed by atoms with Crippen LogP contribution >= 0.6 is 11.6 Å². The summed E-state index contributed by atoms with van der Waals surface area (Å²) in [5.74, 6) is -1.24. The molecule has 7 heteroatoms. The lowest BCUT2D eigenvalue weighted by Crippen LogP contribution is -2.38. The van der Waals surface area contributed by atoms with Crippen LogP contribution in [0.1, 0.15) is 17.3 Å². The summed E-state index contributed by atoms with van der Waals surface area (Å²) in [4.78, 5) is 25.2. The summed E-state index contributed by atoms with van der Waals surface area (Å²) in [6, 6.07) is 4.15. The van der Waals surface area contributed by atoms with Gasteiger partial charge in [0.25, 0.3) is 5.91 Å². The van der Waals surface area contributed by atoms with Crippen LogP contribution in [-0.2, 0) is 14.3 Å². The van der Waals surface area contributed by atoms with Gasteiger partial charge in [-0.05, 0) is 25.1 Å².